The molecule has 0 saturated carbocycles. The van der Waals surface area contributed by atoms with Gasteiger partial charge in [-0.1, -0.05) is 109 Å². The highest BCUT2D eigenvalue weighted by Crippen LogP contribution is 2.11. The molecule has 0 amide bonds. The number of aliphatic hydroxyl groups is 1. The van der Waals surface area contributed by atoms with Crippen LogP contribution in [-0.4, -0.2) is 37.0 Å². The van der Waals surface area contributed by atoms with Gasteiger partial charge in [0.1, 0.15) is 12.7 Å². The molecular formula is C29H56O4. The van der Waals surface area contributed by atoms with Crippen molar-refractivity contribution in [3.8, 4) is 0 Å². The van der Waals surface area contributed by atoms with E-state index in [1.165, 1.54) is 96.3 Å². The summed E-state index contributed by atoms with van der Waals surface area (Å²) in [6.45, 7) is 5.17. The van der Waals surface area contributed by atoms with Gasteiger partial charge in [-0.2, -0.15) is 0 Å². The van der Waals surface area contributed by atoms with Gasteiger partial charge in [0.05, 0.1) is 6.61 Å². The Morgan fingerprint density at radius 1 is 0.697 bits per heavy atom. The van der Waals surface area contributed by atoms with Crippen LogP contribution in [0.1, 0.15) is 142 Å². The number of rotatable bonds is 26. The maximum absolute atomic E-state index is 11.9. The van der Waals surface area contributed by atoms with Crippen LogP contribution in [0.5, 0.6) is 0 Å². The quantitative estimate of drug-likeness (QED) is 0.0787. The van der Waals surface area contributed by atoms with Gasteiger partial charge in [-0.05, 0) is 38.5 Å². The van der Waals surface area contributed by atoms with Gasteiger partial charge in [0.2, 0.25) is 0 Å². The number of hydrogen-bond acceptors (Lipinski definition) is 4. The van der Waals surface area contributed by atoms with Crippen molar-refractivity contribution in [3.05, 3.63) is 12.2 Å². The van der Waals surface area contributed by atoms with Gasteiger partial charge in [0.25, 0.3) is 0 Å². The number of ether oxygens (including phenoxy) is 2. The van der Waals surface area contributed by atoms with Crippen LogP contribution < -0.4 is 0 Å². The number of carbonyl (C=O) groups excluding carboxylic acids is 1. The molecule has 0 bridgehead atoms. The minimum atomic E-state index is -0.390. The first-order chi connectivity index (χ1) is 16.2. The fraction of sp³-hybridized carbons (Fsp3) is 0.897. The smallest absolute Gasteiger partial charge is 0.305 e. The van der Waals surface area contributed by atoms with Crippen molar-refractivity contribution in [2.24, 2.45) is 0 Å². The largest absolute Gasteiger partial charge is 0.463 e. The zero-order valence-electron chi connectivity index (χ0n) is 22.2. The third kappa shape index (κ3) is 25.6. The second-order valence-corrected chi connectivity index (χ2v) is 9.46. The van der Waals surface area contributed by atoms with Gasteiger partial charge in [-0.15, -0.1) is 0 Å². The molecule has 0 rings (SSSR count). The third-order valence-electron chi connectivity index (χ3n) is 6.13. The molecule has 0 radical (unpaired) electrons. The lowest BCUT2D eigenvalue weighted by Gasteiger charge is -2.15. The molecule has 1 atom stereocenters. The van der Waals surface area contributed by atoms with Crippen LogP contribution in [0.25, 0.3) is 0 Å². The molecule has 196 valence electrons. The third-order valence-corrected chi connectivity index (χ3v) is 6.13. The highest BCUT2D eigenvalue weighted by molar-refractivity contribution is 5.69. The summed E-state index contributed by atoms with van der Waals surface area (Å²) in [5, 5.41) is 9.41. The summed E-state index contributed by atoms with van der Waals surface area (Å²) < 4.78 is 10.9. The molecule has 0 aromatic carbocycles. The van der Waals surface area contributed by atoms with E-state index in [1.54, 1.807) is 0 Å². The molecule has 4 nitrogen and oxygen atoms in total. The molecule has 4 heteroatoms. The summed E-state index contributed by atoms with van der Waals surface area (Å²) in [6.07, 6.45) is 28.3. The number of allylic oxidation sites excluding steroid dienone is 2. The first-order valence-electron chi connectivity index (χ1n) is 14.3. The first kappa shape index (κ1) is 32.1. The van der Waals surface area contributed by atoms with Gasteiger partial charge >= 0.3 is 5.97 Å². The van der Waals surface area contributed by atoms with Gasteiger partial charge in [0, 0.05) is 13.0 Å². The Labute approximate surface area is 205 Å². The lowest BCUT2D eigenvalue weighted by atomic mass is 10.1. The van der Waals surface area contributed by atoms with Crippen molar-refractivity contribution < 1.29 is 19.4 Å². The Morgan fingerprint density at radius 3 is 1.73 bits per heavy atom. The number of carbonyl (C=O) groups is 1. The topological polar surface area (TPSA) is 55.8 Å². The molecule has 0 saturated heterocycles. The zero-order valence-corrected chi connectivity index (χ0v) is 22.2. The standard InChI is InChI=1S/C29H56O4/c1-3-5-7-9-11-12-13-14-15-16-17-18-19-20-22-24-29(31)33-27-28(26-30)32-25-23-21-10-8-6-4-2/h14-15,28,30H,3-13,16-27H2,1-2H3. The van der Waals surface area contributed by atoms with Crippen molar-refractivity contribution in [3.63, 3.8) is 0 Å². The van der Waals surface area contributed by atoms with Crippen LogP contribution in [0.2, 0.25) is 0 Å². The minimum Gasteiger partial charge on any atom is -0.463 e. The van der Waals surface area contributed by atoms with E-state index < -0.39 is 6.10 Å². The Hall–Kier alpha value is -0.870. The van der Waals surface area contributed by atoms with E-state index in [0.717, 1.165) is 25.7 Å². The van der Waals surface area contributed by atoms with Crippen molar-refractivity contribution in [1.29, 1.82) is 0 Å². The van der Waals surface area contributed by atoms with E-state index in [0.29, 0.717) is 13.0 Å². The molecule has 0 spiro atoms. The molecule has 0 aliphatic rings. The summed E-state index contributed by atoms with van der Waals surface area (Å²) in [7, 11) is 0. The van der Waals surface area contributed by atoms with Crippen LogP contribution in [0.3, 0.4) is 0 Å². The molecule has 0 fully saturated rings. The Kier molecular flexibility index (Phi) is 26.7. The fourth-order valence-corrected chi connectivity index (χ4v) is 3.88. The number of hydrogen-bond donors (Lipinski definition) is 1. The van der Waals surface area contributed by atoms with E-state index in [1.807, 2.05) is 0 Å². The van der Waals surface area contributed by atoms with Crippen LogP contribution in [0.4, 0.5) is 0 Å². The first-order valence-corrected chi connectivity index (χ1v) is 14.3. The van der Waals surface area contributed by atoms with Crippen LogP contribution in [0, 0.1) is 0 Å². The second-order valence-electron chi connectivity index (χ2n) is 9.46. The van der Waals surface area contributed by atoms with Gasteiger partial charge in [0.15, 0.2) is 0 Å². The summed E-state index contributed by atoms with van der Waals surface area (Å²) in [5.41, 5.74) is 0. The van der Waals surface area contributed by atoms with E-state index >= 15 is 0 Å². The lowest BCUT2D eigenvalue weighted by Crippen LogP contribution is -2.26. The predicted molar refractivity (Wildman–Crippen MR) is 141 cm³/mol. The van der Waals surface area contributed by atoms with E-state index in [2.05, 4.69) is 26.0 Å². The highest BCUT2D eigenvalue weighted by atomic mass is 16.6. The number of aliphatic hydroxyl groups excluding tert-OH is 1. The normalized spacial score (nSPS) is 12.5. The molecule has 1 N–H and O–H groups in total. The van der Waals surface area contributed by atoms with Crippen LogP contribution >= 0.6 is 0 Å². The summed E-state index contributed by atoms with van der Waals surface area (Å²) in [5.74, 6) is -0.172. The maximum atomic E-state index is 11.9. The Morgan fingerprint density at radius 2 is 1.18 bits per heavy atom. The van der Waals surface area contributed by atoms with Gasteiger partial charge in [-0.25, -0.2) is 0 Å². The van der Waals surface area contributed by atoms with Crippen molar-refractivity contribution in [2.75, 3.05) is 19.8 Å². The molecule has 0 heterocycles. The molecule has 33 heavy (non-hydrogen) atoms. The highest BCUT2D eigenvalue weighted by Gasteiger charge is 2.11. The SMILES string of the molecule is CCCCCCCCC=CCCCCCCCC(=O)OCC(CO)OCCCCCCCC. The van der Waals surface area contributed by atoms with Gasteiger partial charge in [-0.3, -0.25) is 4.79 Å². The summed E-state index contributed by atoms with van der Waals surface area (Å²) in [4.78, 5) is 11.9. The monoisotopic (exact) mass is 468 g/mol. The maximum Gasteiger partial charge on any atom is 0.305 e. The van der Waals surface area contributed by atoms with E-state index in [-0.39, 0.29) is 19.2 Å². The summed E-state index contributed by atoms with van der Waals surface area (Å²) in [6, 6.07) is 0. The summed E-state index contributed by atoms with van der Waals surface area (Å²) >= 11 is 0. The molecule has 0 aromatic rings. The molecule has 0 aromatic heterocycles. The molecule has 1 unspecified atom stereocenters. The Bertz CT molecular complexity index is 422. The number of unbranched alkanes of at least 4 members (excludes halogenated alkanes) is 16. The predicted octanol–water partition coefficient (Wildman–Crippen LogP) is 8.31. The Balaban J connectivity index is 3.44. The van der Waals surface area contributed by atoms with Gasteiger partial charge < -0.3 is 14.6 Å². The van der Waals surface area contributed by atoms with Crippen molar-refractivity contribution >= 4 is 5.97 Å². The molecular weight excluding hydrogens is 412 g/mol. The minimum absolute atomic E-state index is 0.101. The molecule has 0 aliphatic carbocycles. The molecule has 0 aliphatic heterocycles. The van der Waals surface area contributed by atoms with Crippen LogP contribution in [-0.2, 0) is 14.3 Å². The number of esters is 1. The second kappa shape index (κ2) is 27.4. The lowest BCUT2D eigenvalue weighted by molar-refractivity contribution is -0.149. The van der Waals surface area contributed by atoms with Crippen molar-refractivity contribution in [1.82, 2.24) is 0 Å². The van der Waals surface area contributed by atoms with E-state index in [9.17, 15) is 9.90 Å². The average molecular weight is 469 g/mol. The van der Waals surface area contributed by atoms with Crippen LogP contribution in [0.15, 0.2) is 12.2 Å². The fourth-order valence-electron chi connectivity index (χ4n) is 3.88. The van der Waals surface area contributed by atoms with E-state index in [4.69, 9.17) is 9.47 Å². The van der Waals surface area contributed by atoms with Crippen molar-refractivity contribution in [2.45, 2.75) is 148 Å². The average Bonchev–Trinajstić information content (AvgIpc) is 2.82. The zero-order chi connectivity index (χ0) is 24.2.